The maximum absolute atomic E-state index is 13.8. The molecule has 2 heterocycles. The first-order valence-corrected chi connectivity index (χ1v) is 14.4. The number of hydrogen-bond acceptors (Lipinski definition) is 6. The van der Waals surface area contributed by atoms with Crippen molar-refractivity contribution in [3.63, 3.8) is 0 Å². The number of nitrogens with one attached hydrogen (secondary N) is 4. The maximum Gasteiger partial charge on any atom is 0.289 e. The minimum absolute atomic E-state index is 0.0172. The van der Waals surface area contributed by atoms with Gasteiger partial charge in [0.25, 0.3) is 5.91 Å². The molecule has 12 heteroatoms. The summed E-state index contributed by atoms with van der Waals surface area (Å²) in [6, 6.07) is 3.01. The smallest absolute Gasteiger partial charge is 0.289 e. The van der Waals surface area contributed by atoms with E-state index >= 15 is 0 Å². The first-order chi connectivity index (χ1) is 18.7. The van der Waals surface area contributed by atoms with Crippen LogP contribution in [0.1, 0.15) is 44.9 Å². The predicted octanol–water partition coefficient (Wildman–Crippen LogP) is 1.89. The summed E-state index contributed by atoms with van der Waals surface area (Å²) >= 11 is 12.2. The third kappa shape index (κ3) is 6.32. The zero-order valence-corrected chi connectivity index (χ0v) is 23.0. The first-order valence-electron chi connectivity index (χ1n) is 13.6. The van der Waals surface area contributed by atoms with Crippen molar-refractivity contribution in [2.24, 2.45) is 17.8 Å². The Morgan fingerprint density at radius 2 is 1.87 bits per heavy atom. The number of Topliss-reactive ketones (excluding diaryl/α,β-unsaturated/α-hetero) is 1. The van der Waals surface area contributed by atoms with Crippen molar-refractivity contribution in [3.05, 3.63) is 28.2 Å². The van der Waals surface area contributed by atoms with Gasteiger partial charge in [0.05, 0.1) is 23.3 Å². The molecule has 2 aliphatic carbocycles. The summed E-state index contributed by atoms with van der Waals surface area (Å²) in [4.78, 5) is 66.7. The van der Waals surface area contributed by atoms with Crippen molar-refractivity contribution >= 4 is 58.3 Å². The number of carbonyl (C=O) groups excluding carboxylic acids is 5. The van der Waals surface area contributed by atoms with Gasteiger partial charge in [-0.15, -0.1) is 0 Å². The van der Waals surface area contributed by atoms with Gasteiger partial charge in [-0.3, -0.25) is 24.0 Å². The topological polar surface area (TPSA) is 137 Å². The van der Waals surface area contributed by atoms with Crippen LogP contribution in [0, 0.1) is 17.8 Å². The van der Waals surface area contributed by atoms with Crippen LogP contribution in [0.5, 0.6) is 0 Å². The molecule has 210 valence electrons. The molecule has 2 aliphatic heterocycles. The number of amides is 4. The lowest BCUT2D eigenvalue weighted by molar-refractivity contribution is -0.142. The molecular formula is C27H33Cl2N5O5. The Morgan fingerprint density at radius 3 is 2.56 bits per heavy atom. The molecule has 4 aliphatic rings. The van der Waals surface area contributed by atoms with E-state index < -0.39 is 35.6 Å². The Kier molecular flexibility index (Phi) is 8.32. The number of rotatable bonds is 10. The Bertz CT molecular complexity index is 1180. The number of anilines is 1. The number of ketones is 1. The van der Waals surface area contributed by atoms with Crippen molar-refractivity contribution in [2.75, 3.05) is 25.0 Å². The summed E-state index contributed by atoms with van der Waals surface area (Å²) in [6.07, 6.45) is 4.89. The quantitative estimate of drug-likeness (QED) is 0.313. The zero-order chi connectivity index (χ0) is 27.7. The van der Waals surface area contributed by atoms with Crippen LogP contribution in [0.3, 0.4) is 0 Å². The molecule has 4 N–H and O–H groups in total. The van der Waals surface area contributed by atoms with Crippen LogP contribution >= 0.6 is 23.2 Å². The summed E-state index contributed by atoms with van der Waals surface area (Å²) in [7, 11) is 0. The van der Waals surface area contributed by atoms with Gasteiger partial charge < -0.3 is 26.2 Å². The minimum Gasteiger partial charge on any atom is -0.375 e. The van der Waals surface area contributed by atoms with Gasteiger partial charge >= 0.3 is 0 Å². The molecule has 39 heavy (non-hydrogen) atoms. The third-order valence-corrected chi connectivity index (χ3v) is 8.84. The van der Waals surface area contributed by atoms with E-state index in [0.717, 1.165) is 32.1 Å². The maximum atomic E-state index is 13.8. The molecule has 1 aromatic rings. The van der Waals surface area contributed by atoms with Crippen LogP contribution in [-0.2, 0) is 24.0 Å². The monoisotopic (exact) mass is 577 g/mol. The molecule has 10 nitrogen and oxygen atoms in total. The van der Waals surface area contributed by atoms with Gasteiger partial charge in [-0.25, -0.2) is 0 Å². The highest BCUT2D eigenvalue weighted by atomic mass is 35.5. The van der Waals surface area contributed by atoms with E-state index in [4.69, 9.17) is 23.2 Å². The molecule has 0 aromatic heterocycles. The Hall–Kier alpha value is -2.85. The molecule has 0 bridgehead atoms. The normalized spacial score (nSPS) is 26.5. The Balaban J connectivity index is 1.30. The average Bonchev–Trinajstić information content (AvgIpc) is 3.26. The second-order valence-corrected chi connectivity index (χ2v) is 11.9. The van der Waals surface area contributed by atoms with Gasteiger partial charge in [-0.2, -0.15) is 0 Å². The van der Waals surface area contributed by atoms with E-state index in [2.05, 4.69) is 21.3 Å². The fraction of sp³-hybridized carbons (Fsp3) is 0.593. The number of nitrogens with zero attached hydrogens (tertiary/aromatic N) is 1. The Labute approximate surface area is 236 Å². The SMILES string of the molecule is O=C(NC1CC1)C(=O)[C@H](C[C@@H]1CCNC1=O)NC(=O)[C@@H]1[C@H]2CCC[C@H]2CN1C(=O)CNc1ccc(Cl)cc1Cl. The van der Waals surface area contributed by atoms with E-state index in [-0.39, 0.29) is 42.7 Å². The zero-order valence-electron chi connectivity index (χ0n) is 21.5. The van der Waals surface area contributed by atoms with E-state index in [0.29, 0.717) is 35.2 Å². The average molecular weight is 578 g/mol. The minimum atomic E-state index is -1.14. The number of fused-ring (bicyclic) bond motifs is 1. The van der Waals surface area contributed by atoms with Crippen LogP contribution in [0.25, 0.3) is 0 Å². The van der Waals surface area contributed by atoms with Gasteiger partial charge in [-0.05, 0) is 68.6 Å². The van der Waals surface area contributed by atoms with Crippen molar-refractivity contribution in [2.45, 2.75) is 63.1 Å². The predicted molar refractivity (Wildman–Crippen MR) is 145 cm³/mol. The second-order valence-electron chi connectivity index (χ2n) is 11.0. The molecular weight excluding hydrogens is 545 g/mol. The third-order valence-electron chi connectivity index (χ3n) is 8.29. The molecule has 1 aromatic carbocycles. The second kappa shape index (κ2) is 11.7. The fourth-order valence-electron chi connectivity index (χ4n) is 6.09. The largest absolute Gasteiger partial charge is 0.375 e. The lowest BCUT2D eigenvalue weighted by Crippen LogP contribution is -2.56. The van der Waals surface area contributed by atoms with Gasteiger partial charge in [-0.1, -0.05) is 29.6 Å². The number of hydrogen-bond donors (Lipinski definition) is 4. The fourth-order valence-corrected chi connectivity index (χ4v) is 6.56. The lowest BCUT2D eigenvalue weighted by Gasteiger charge is -2.29. The van der Waals surface area contributed by atoms with Crippen LogP contribution in [0.15, 0.2) is 18.2 Å². The summed E-state index contributed by atoms with van der Waals surface area (Å²) in [5, 5.41) is 12.1. The summed E-state index contributed by atoms with van der Waals surface area (Å²) in [6.45, 7) is 0.869. The molecule has 0 unspecified atom stereocenters. The number of benzene rings is 1. The molecule has 5 rings (SSSR count). The number of likely N-dealkylation sites (tertiary alicyclic amines) is 1. The van der Waals surface area contributed by atoms with Crippen molar-refractivity contribution in [1.82, 2.24) is 20.9 Å². The van der Waals surface area contributed by atoms with Gasteiger partial charge in [0.2, 0.25) is 23.5 Å². The first kappa shape index (κ1) is 27.7. The molecule has 2 saturated heterocycles. The van der Waals surface area contributed by atoms with Crippen LogP contribution in [-0.4, -0.2) is 72.1 Å². The van der Waals surface area contributed by atoms with E-state index in [9.17, 15) is 24.0 Å². The van der Waals surface area contributed by atoms with Crippen LogP contribution in [0.4, 0.5) is 5.69 Å². The lowest BCUT2D eigenvalue weighted by atomic mass is 9.91. The molecule has 4 fully saturated rings. The molecule has 4 amide bonds. The highest BCUT2D eigenvalue weighted by molar-refractivity contribution is 6.38. The summed E-state index contributed by atoms with van der Waals surface area (Å²) in [5.74, 6) is -2.72. The standard InChI is InChI=1S/C27H33Cl2N5O5/c28-16-4-7-20(19(29)11-16)31-12-22(35)34-13-15-2-1-3-18(15)23(34)26(38)33-21(10-14-8-9-30-25(14)37)24(36)27(39)32-17-5-6-17/h4,7,11,14-15,17-18,21,23,31H,1-3,5-6,8-10,12-13H2,(H,30,37)(H,32,39)(H,33,38)/t14-,15-,18-,21-,23-/m0/s1. The number of halogens is 2. The summed E-state index contributed by atoms with van der Waals surface area (Å²) in [5.41, 5.74) is 0.553. The number of carbonyl (C=O) groups is 5. The van der Waals surface area contributed by atoms with Crippen LogP contribution < -0.4 is 21.3 Å². The molecule has 2 saturated carbocycles. The molecule has 0 spiro atoms. The van der Waals surface area contributed by atoms with Gasteiger partial charge in [0.1, 0.15) is 6.04 Å². The summed E-state index contributed by atoms with van der Waals surface area (Å²) < 4.78 is 0. The van der Waals surface area contributed by atoms with Crippen molar-refractivity contribution in [3.8, 4) is 0 Å². The Morgan fingerprint density at radius 1 is 1.08 bits per heavy atom. The van der Waals surface area contributed by atoms with Crippen molar-refractivity contribution < 1.29 is 24.0 Å². The highest BCUT2D eigenvalue weighted by Gasteiger charge is 2.50. The van der Waals surface area contributed by atoms with E-state index in [1.807, 2.05) is 0 Å². The van der Waals surface area contributed by atoms with E-state index in [1.165, 1.54) is 0 Å². The molecule has 0 radical (unpaired) electrons. The van der Waals surface area contributed by atoms with Gasteiger partial charge in [0.15, 0.2) is 0 Å². The van der Waals surface area contributed by atoms with Crippen LogP contribution in [0.2, 0.25) is 10.0 Å². The van der Waals surface area contributed by atoms with Gasteiger partial charge in [0, 0.05) is 30.1 Å². The van der Waals surface area contributed by atoms with Crippen molar-refractivity contribution in [1.29, 1.82) is 0 Å². The van der Waals surface area contributed by atoms with E-state index in [1.54, 1.807) is 23.1 Å². The highest BCUT2D eigenvalue weighted by Crippen LogP contribution is 2.42. The molecule has 5 atom stereocenters.